The van der Waals surface area contributed by atoms with E-state index in [0.29, 0.717) is 17.8 Å². The minimum absolute atomic E-state index is 0.0502. The predicted octanol–water partition coefficient (Wildman–Crippen LogP) is 9.39. The Kier molecular flexibility index (Phi) is 9.30. The summed E-state index contributed by atoms with van der Waals surface area (Å²) in [7, 11) is 3.12. The molecule has 0 aliphatic carbocycles. The first-order chi connectivity index (χ1) is 15.6. The van der Waals surface area contributed by atoms with E-state index in [1.807, 2.05) is 0 Å². The maximum absolute atomic E-state index is 12.8. The molecule has 6 unspecified atom stereocenters. The lowest BCUT2D eigenvalue weighted by Crippen LogP contribution is -2.52. The molecule has 2 aliphatic heterocycles. The maximum atomic E-state index is 12.8. The second kappa shape index (κ2) is 10.4. The van der Waals surface area contributed by atoms with Crippen LogP contribution in [0.4, 0.5) is 4.79 Å². The summed E-state index contributed by atoms with van der Waals surface area (Å²) in [5.41, 5.74) is 0.424. The Morgan fingerprint density at radius 1 is 0.829 bits per heavy atom. The van der Waals surface area contributed by atoms with Crippen LogP contribution in [0.1, 0.15) is 129 Å². The van der Waals surface area contributed by atoms with E-state index in [4.69, 9.17) is 11.6 Å². The van der Waals surface area contributed by atoms with Crippen LogP contribution in [0.2, 0.25) is 0 Å². The summed E-state index contributed by atoms with van der Waals surface area (Å²) >= 11 is 6.33. The van der Waals surface area contributed by atoms with E-state index in [-0.39, 0.29) is 44.8 Å². The van der Waals surface area contributed by atoms with Gasteiger partial charge in [0.15, 0.2) is 0 Å². The standard InChI is InChI=1S/C30H58ClN2OP/c1-14-21-16-20(3)23-24(26(4,5)17-22(15-2)32(21)25(31)34)28(8,9)19-30(12,13)33(35)29(10,11)18-27(23,6)7/h20-24H,14-19,35H2,1-13H3. The van der Waals surface area contributed by atoms with E-state index >= 15 is 0 Å². The van der Waals surface area contributed by atoms with Gasteiger partial charge in [-0.05, 0) is 112 Å². The fourth-order valence-electron chi connectivity index (χ4n) is 9.84. The van der Waals surface area contributed by atoms with Crippen LogP contribution in [0, 0.1) is 34.0 Å². The van der Waals surface area contributed by atoms with Gasteiger partial charge in [0, 0.05) is 23.2 Å². The molecule has 206 valence electrons. The van der Waals surface area contributed by atoms with Crippen LogP contribution >= 0.6 is 21.0 Å². The van der Waals surface area contributed by atoms with Crippen molar-refractivity contribution in [2.75, 3.05) is 0 Å². The minimum Gasteiger partial charge on any atom is -0.323 e. The van der Waals surface area contributed by atoms with Gasteiger partial charge in [-0.15, -0.1) is 0 Å². The van der Waals surface area contributed by atoms with E-state index in [2.05, 4.69) is 109 Å². The lowest BCUT2D eigenvalue weighted by atomic mass is 9.48. The molecule has 0 radical (unpaired) electrons. The third kappa shape index (κ3) is 6.25. The summed E-state index contributed by atoms with van der Waals surface area (Å²) < 4.78 is 2.59. The van der Waals surface area contributed by atoms with Crippen molar-refractivity contribution in [1.82, 2.24) is 9.57 Å². The lowest BCUT2D eigenvalue weighted by Gasteiger charge is -2.56. The third-order valence-electron chi connectivity index (χ3n) is 9.98. The number of hydrogen-bond acceptors (Lipinski definition) is 2. The van der Waals surface area contributed by atoms with E-state index in [9.17, 15) is 4.79 Å². The fourth-order valence-corrected chi connectivity index (χ4v) is 10.3. The molecule has 0 aromatic rings. The molecule has 2 fully saturated rings. The Morgan fingerprint density at radius 2 is 1.29 bits per heavy atom. The van der Waals surface area contributed by atoms with Gasteiger partial charge in [-0.2, -0.15) is 0 Å². The second-order valence-electron chi connectivity index (χ2n) is 15.5. The zero-order valence-corrected chi connectivity index (χ0v) is 27.3. The van der Waals surface area contributed by atoms with Gasteiger partial charge >= 0.3 is 5.37 Å². The molecule has 3 nitrogen and oxygen atoms in total. The van der Waals surface area contributed by atoms with Gasteiger partial charge in [0.2, 0.25) is 0 Å². The quantitative estimate of drug-likeness (QED) is 0.202. The average molecular weight is 529 g/mol. The topological polar surface area (TPSA) is 23.6 Å². The van der Waals surface area contributed by atoms with Crippen molar-refractivity contribution in [3.05, 3.63) is 0 Å². The number of halogens is 1. The van der Waals surface area contributed by atoms with Crippen LogP contribution in [0.3, 0.4) is 0 Å². The molecule has 6 atom stereocenters. The number of fused-ring (bicyclic) bond motifs is 1. The van der Waals surface area contributed by atoms with E-state index in [0.717, 1.165) is 38.5 Å². The molecule has 0 N–H and O–H groups in total. The summed E-state index contributed by atoms with van der Waals surface area (Å²) in [6, 6.07) is 0.379. The molecule has 2 aliphatic rings. The molecular weight excluding hydrogens is 471 g/mol. The Labute approximate surface area is 226 Å². The molecule has 0 aromatic heterocycles. The number of amides is 1. The molecular formula is C30H58ClN2OP. The van der Waals surface area contributed by atoms with Crippen LogP contribution in [0.5, 0.6) is 0 Å². The predicted molar refractivity (Wildman–Crippen MR) is 157 cm³/mol. The fraction of sp³-hybridized carbons (Fsp3) is 0.967. The Morgan fingerprint density at radius 3 is 1.71 bits per heavy atom. The first-order valence-corrected chi connectivity index (χ1v) is 15.1. The minimum atomic E-state index is -0.262. The van der Waals surface area contributed by atoms with Crippen LogP contribution in [-0.2, 0) is 0 Å². The Hall–Kier alpha value is 0.150. The zero-order chi connectivity index (χ0) is 27.4. The molecule has 5 heteroatoms. The molecule has 0 aromatic carbocycles. The molecule has 2 heterocycles. The average Bonchev–Trinajstić information content (AvgIpc) is 2.70. The number of rotatable bonds is 2. The summed E-state index contributed by atoms with van der Waals surface area (Å²) in [5, 5.41) is -0.262. The van der Waals surface area contributed by atoms with Crippen LogP contribution < -0.4 is 0 Å². The highest BCUT2D eigenvalue weighted by molar-refractivity contribution is 7.13. The van der Waals surface area contributed by atoms with Crippen molar-refractivity contribution in [2.24, 2.45) is 34.0 Å². The summed E-state index contributed by atoms with van der Waals surface area (Å²) in [6.45, 7) is 31.8. The molecule has 0 spiro atoms. The van der Waals surface area contributed by atoms with E-state index < -0.39 is 0 Å². The van der Waals surface area contributed by atoms with Gasteiger partial charge in [0.1, 0.15) is 0 Å². The summed E-state index contributed by atoms with van der Waals surface area (Å²) in [4.78, 5) is 14.9. The van der Waals surface area contributed by atoms with Crippen LogP contribution in [-0.4, -0.2) is 38.1 Å². The maximum Gasteiger partial charge on any atom is 0.316 e. The van der Waals surface area contributed by atoms with Crippen molar-refractivity contribution in [1.29, 1.82) is 0 Å². The molecule has 35 heavy (non-hydrogen) atoms. The van der Waals surface area contributed by atoms with Crippen LogP contribution in [0.25, 0.3) is 0 Å². The SMILES string of the molecule is CCC1CC(C)C2C(C(C)(C)CC(CC)N1C(=O)Cl)C(C)(C)CC(C)(C)N(P)C(C)(C)CC2(C)C. The monoisotopic (exact) mass is 528 g/mol. The molecule has 0 saturated carbocycles. The highest BCUT2D eigenvalue weighted by Gasteiger charge is 2.57. The van der Waals surface area contributed by atoms with Gasteiger partial charge in [-0.3, -0.25) is 9.46 Å². The van der Waals surface area contributed by atoms with E-state index in [1.54, 1.807) is 0 Å². The number of carbonyl (C=O) groups is 1. The van der Waals surface area contributed by atoms with Gasteiger partial charge in [-0.25, -0.2) is 0 Å². The lowest BCUT2D eigenvalue weighted by molar-refractivity contribution is -0.0712. The van der Waals surface area contributed by atoms with E-state index in [1.165, 1.54) is 0 Å². The second-order valence-corrected chi connectivity index (χ2v) is 16.4. The normalized spacial score (nSPS) is 37.0. The van der Waals surface area contributed by atoms with Gasteiger partial charge in [-0.1, -0.05) is 71.7 Å². The smallest absolute Gasteiger partial charge is 0.316 e. The van der Waals surface area contributed by atoms with Crippen molar-refractivity contribution in [2.45, 2.75) is 152 Å². The molecule has 2 rings (SSSR count). The Bertz CT molecular complexity index is 759. The third-order valence-corrected chi connectivity index (χ3v) is 11.6. The largest absolute Gasteiger partial charge is 0.323 e. The van der Waals surface area contributed by atoms with Gasteiger partial charge < -0.3 is 4.90 Å². The zero-order valence-electron chi connectivity index (χ0n) is 25.4. The van der Waals surface area contributed by atoms with Gasteiger partial charge in [0.05, 0.1) is 0 Å². The molecule has 0 bridgehead atoms. The number of carbonyl (C=O) groups excluding carboxylic acids is 1. The van der Waals surface area contributed by atoms with Crippen molar-refractivity contribution < 1.29 is 4.79 Å². The Balaban J connectivity index is 2.86. The highest BCUT2D eigenvalue weighted by atomic mass is 35.5. The molecule has 1 amide bonds. The van der Waals surface area contributed by atoms with Crippen LogP contribution in [0.15, 0.2) is 0 Å². The first-order valence-electron chi connectivity index (χ1n) is 14.2. The van der Waals surface area contributed by atoms with Crippen molar-refractivity contribution in [3.8, 4) is 0 Å². The van der Waals surface area contributed by atoms with Crippen molar-refractivity contribution in [3.63, 3.8) is 0 Å². The first kappa shape index (κ1) is 31.4. The number of nitrogens with zero attached hydrogens (tertiary/aromatic N) is 2. The van der Waals surface area contributed by atoms with Gasteiger partial charge in [0.25, 0.3) is 0 Å². The van der Waals surface area contributed by atoms with Crippen molar-refractivity contribution >= 4 is 26.4 Å². The molecule has 2 saturated heterocycles. The number of hydrogen-bond donors (Lipinski definition) is 0. The highest BCUT2D eigenvalue weighted by Crippen LogP contribution is 2.62. The summed E-state index contributed by atoms with van der Waals surface area (Å²) in [6.07, 6.45) is 6.20. The summed E-state index contributed by atoms with van der Waals surface area (Å²) in [5.74, 6) is 1.54.